The average molecular weight is 1240 g/mol. The molecule has 5 aromatic carbocycles. The maximum Gasteiger partial charge on any atom is 0.406 e. The summed E-state index contributed by atoms with van der Waals surface area (Å²) in [5.41, 5.74) is 10.3. The van der Waals surface area contributed by atoms with Gasteiger partial charge in [0.1, 0.15) is 23.4 Å². The van der Waals surface area contributed by atoms with Crippen LogP contribution >= 0.6 is 0 Å². The second-order valence-corrected chi connectivity index (χ2v) is 23.6. The number of hydrogen-bond acceptors (Lipinski definition) is 19. The van der Waals surface area contributed by atoms with E-state index in [9.17, 15) is 35.6 Å². The zero-order valence-corrected chi connectivity index (χ0v) is 50.4. The number of hydrazine groups is 2. The Morgan fingerprint density at radius 2 is 1.40 bits per heavy atom. The quantitative estimate of drug-likeness (QED) is 0.0141. The number of nitrogens with zero attached hydrogens (tertiary/aromatic N) is 3. The lowest BCUT2D eigenvalue weighted by Crippen LogP contribution is -2.45. The highest BCUT2D eigenvalue weighted by molar-refractivity contribution is 7.90. The molecule has 3 aliphatic rings. The number of ether oxygens (including phenoxy) is 4. The minimum Gasteiger partial charge on any atom is -0.492 e. The van der Waals surface area contributed by atoms with Crippen LogP contribution in [0.1, 0.15) is 56.7 Å². The number of allylic oxidation sites excluding steroid dienone is 1. The van der Waals surface area contributed by atoms with Gasteiger partial charge in [-0.2, -0.15) is 13.2 Å². The first-order valence-corrected chi connectivity index (χ1v) is 31.6. The molecule has 2 aliphatic heterocycles. The van der Waals surface area contributed by atoms with Crippen molar-refractivity contribution in [2.75, 3.05) is 146 Å². The molecule has 1 aromatic heterocycles. The van der Waals surface area contributed by atoms with E-state index in [1.165, 1.54) is 10.6 Å². The molecule has 0 saturated carbocycles. The molecule has 1 fully saturated rings. The molecule has 0 radical (unpaired) electrons. The van der Waals surface area contributed by atoms with Crippen molar-refractivity contribution in [3.05, 3.63) is 143 Å². The standard InChI is InChI=1S/C63H79F4N11O9S/c1-76-75-46(41-77(76)28-32-85-34-36-86-35-33-84-31-27-69-23-25-72-54-18-17-53(71-24-22-68-26-29-79)59-60(54)62(81)48-9-4-3-8-47(48)61(59)80)7-6-30-87-57-37-45(16-19-58(57)88(2,82)83)73-39-43-12-14-44(15-13-43)56-38-49-51(74-52-20-21-70-40-50(52)64)10-5-11-55(49)78(56)42-63(65,66)67/h3-5,8-19,37-38,41,50,52,68-75,79H,6-7,20-36,39-40,42H2,1-2H3. The van der Waals surface area contributed by atoms with E-state index in [4.69, 9.17) is 24.1 Å². The van der Waals surface area contributed by atoms with Crippen molar-refractivity contribution in [2.24, 2.45) is 0 Å². The Morgan fingerprint density at radius 3 is 2.06 bits per heavy atom. The lowest BCUT2D eigenvalue weighted by molar-refractivity contribution is -0.139. The number of benzene rings is 5. The SMILES string of the molecule is CN1NC(CCCOc2cc(NCc3ccc(-c4cc5c(NC6CCNCC6F)cccc5n4CC(F)(F)F)cc3)ccc2S(C)(=O)=O)=CN1CCOCCOCCOCCNCCNc1ccc(NCCNCCO)c2c1C(=O)c1ccccc1C2=O. The summed E-state index contributed by atoms with van der Waals surface area (Å²) in [4.78, 5) is 27.4. The molecule has 0 spiro atoms. The lowest BCUT2D eigenvalue weighted by atomic mass is 9.82. The molecule has 0 bridgehead atoms. The van der Waals surface area contributed by atoms with Gasteiger partial charge in [-0.05, 0) is 79.4 Å². The van der Waals surface area contributed by atoms with Gasteiger partial charge in [0.15, 0.2) is 21.4 Å². The zero-order valence-electron chi connectivity index (χ0n) is 49.6. The molecule has 9 rings (SSSR count). The third-order valence-electron chi connectivity index (χ3n) is 15.2. The van der Waals surface area contributed by atoms with E-state index in [0.29, 0.717) is 185 Å². The summed E-state index contributed by atoms with van der Waals surface area (Å²) in [6.45, 7) is 6.73. The normalized spacial score (nSPS) is 16.1. The van der Waals surface area contributed by atoms with Gasteiger partial charge in [-0.15, -0.1) is 5.12 Å². The number of ketones is 2. The first-order valence-electron chi connectivity index (χ1n) is 29.7. The van der Waals surface area contributed by atoms with Crippen molar-refractivity contribution in [2.45, 2.75) is 55.6 Å². The van der Waals surface area contributed by atoms with E-state index >= 15 is 0 Å². The summed E-state index contributed by atoms with van der Waals surface area (Å²) in [6.07, 6.45) is -0.742. The Hall–Kier alpha value is -7.33. The number of nitrogens with one attached hydrogen (secondary N) is 8. The van der Waals surface area contributed by atoms with Crippen LogP contribution < -0.4 is 47.4 Å². The maximum absolute atomic E-state index is 14.8. The van der Waals surface area contributed by atoms with Crippen LogP contribution in [0.3, 0.4) is 0 Å². The van der Waals surface area contributed by atoms with Crippen molar-refractivity contribution in [1.82, 2.24) is 36.1 Å². The number of fused-ring (bicyclic) bond motifs is 3. The van der Waals surface area contributed by atoms with Crippen molar-refractivity contribution < 1.29 is 59.6 Å². The predicted octanol–water partition coefficient (Wildman–Crippen LogP) is 7.19. The number of piperidine rings is 1. The first kappa shape index (κ1) is 65.1. The van der Waals surface area contributed by atoms with Crippen LogP contribution in [0.25, 0.3) is 22.2 Å². The van der Waals surface area contributed by atoms with Gasteiger partial charge in [0.2, 0.25) is 0 Å². The molecule has 474 valence electrons. The third kappa shape index (κ3) is 17.5. The van der Waals surface area contributed by atoms with Gasteiger partial charge in [-0.1, -0.05) is 54.6 Å². The highest BCUT2D eigenvalue weighted by Crippen LogP contribution is 2.38. The summed E-state index contributed by atoms with van der Waals surface area (Å²) in [6, 6.07) is 28.9. The largest absolute Gasteiger partial charge is 0.492 e. The molecule has 88 heavy (non-hydrogen) atoms. The highest BCUT2D eigenvalue weighted by Gasteiger charge is 2.35. The van der Waals surface area contributed by atoms with Crippen LogP contribution in [-0.2, 0) is 37.1 Å². The number of halogens is 4. The summed E-state index contributed by atoms with van der Waals surface area (Å²) in [5, 5.41) is 36.1. The van der Waals surface area contributed by atoms with Gasteiger partial charge in [0, 0.05) is 129 Å². The van der Waals surface area contributed by atoms with Crippen LogP contribution in [-0.4, -0.2) is 183 Å². The van der Waals surface area contributed by atoms with E-state index in [-0.39, 0.29) is 42.0 Å². The Labute approximate surface area is 510 Å². The lowest BCUT2D eigenvalue weighted by Gasteiger charge is -2.28. The van der Waals surface area contributed by atoms with Crippen molar-refractivity contribution in [3.63, 3.8) is 0 Å². The van der Waals surface area contributed by atoms with Gasteiger partial charge in [0.05, 0.1) is 82.1 Å². The van der Waals surface area contributed by atoms with E-state index in [1.807, 2.05) is 47.6 Å². The van der Waals surface area contributed by atoms with E-state index in [2.05, 4.69) is 42.6 Å². The van der Waals surface area contributed by atoms with Gasteiger partial charge in [0.25, 0.3) is 0 Å². The number of carbonyl (C=O) groups is 2. The molecule has 20 nitrogen and oxygen atoms in total. The molecule has 0 amide bonds. The number of rotatable bonds is 35. The number of aliphatic hydroxyl groups is 1. The molecule has 25 heteroatoms. The van der Waals surface area contributed by atoms with Crippen LogP contribution in [0, 0.1) is 0 Å². The fourth-order valence-electron chi connectivity index (χ4n) is 10.8. The van der Waals surface area contributed by atoms with Gasteiger partial charge in [-0.25, -0.2) is 12.8 Å². The van der Waals surface area contributed by atoms with Crippen LogP contribution in [0.2, 0.25) is 0 Å². The van der Waals surface area contributed by atoms with Gasteiger partial charge < -0.3 is 71.3 Å². The molecule has 9 N–H and O–H groups in total. The van der Waals surface area contributed by atoms with E-state index in [1.54, 1.807) is 72.8 Å². The Balaban J connectivity index is 0.645. The summed E-state index contributed by atoms with van der Waals surface area (Å²) in [7, 11) is -1.73. The molecular formula is C63H79F4N11O9S. The molecular weight excluding hydrogens is 1160 g/mol. The Morgan fingerprint density at radius 1 is 0.727 bits per heavy atom. The minimum atomic E-state index is -4.49. The smallest absolute Gasteiger partial charge is 0.406 e. The second-order valence-electron chi connectivity index (χ2n) is 21.6. The average Bonchev–Trinajstić information content (AvgIpc) is 1.11. The molecule has 6 aromatic rings. The van der Waals surface area contributed by atoms with Crippen molar-refractivity contribution >= 4 is 55.1 Å². The molecule has 2 unspecified atom stereocenters. The van der Waals surface area contributed by atoms with E-state index < -0.39 is 34.8 Å². The predicted molar refractivity (Wildman–Crippen MR) is 333 cm³/mol. The maximum atomic E-state index is 14.8. The summed E-state index contributed by atoms with van der Waals surface area (Å²) >= 11 is 0. The van der Waals surface area contributed by atoms with Crippen molar-refractivity contribution in [3.8, 4) is 17.0 Å². The van der Waals surface area contributed by atoms with Gasteiger partial charge in [-0.3, -0.25) is 14.6 Å². The number of aromatic nitrogens is 1. The number of aliphatic hydroxyl groups excluding tert-OH is 1. The third-order valence-corrected chi connectivity index (χ3v) is 16.3. The number of alkyl halides is 4. The molecule has 1 saturated heterocycles. The van der Waals surface area contributed by atoms with Gasteiger partial charge >= 0.3 is 6.18 Å². The highest BCUT2D eigenvalue weighted by atomic mass is 32.2. The monoisotopic (exact) mass is 1240 g/mol. The molecule has 1 aliphatic carbocycles. The van der Waals surface area contributed by atoms with Crippen LogP contribution in [0.4, 0.5) is 40.3 Å². The number of carbonyl (C=O) groups excluding carboxylic acids is 2. The van der Waals surface area contributed by atoms with Crippen molar-refractivity contribution in [1.29, 1.82) is 0 Å². The Kier molecular flexibility index (Phi) is 23.1. The minimum absolute atomic E-state index is 0.0294. The second kappa shape index (κ2) is 31.2. The first-order chi connectivity index (χ1) is 42.6. The summed E-state index contributed by atoms with van der Waals surface area (Å²) < 4.78 is 107. The number of anilines is 4. The topological polar surface area (TPSA) is 233 Å². The van der Waals surface area contributed by atoms with Crippen LogP contribution in [0.5, 0.6) is 5.75 Å². The molecule has 2 atom stereocenters. The zero-order chi connectivity index (χ0) is 62.0. The number of sulfone groups is 1. The molecule has 3 heterocycles. The van der Waals surface area contributed by atoms with E-state index in [0.717, 1.165) is 17.5 Å². The Bertz CT molecular complexity index is 3460. The number of hydrogen-bond donors (Lipinski definition) is 9. The fourth-order valence-corrected chi connectivity index (χ4v) is 11.6. The van der Waals surface area contributed by atoms with Crippen LogP contribution in [0.15, 0.2) is 120 Å². The fraction of sp³-hybridized carbons (Fsp3) is 0.429. The summed E-state index contributed by atoms with van der Waals surface area (Å²) in [5.74, 6) is -0.187.